The number of ether oxygens (including phenoxy) is 1. The van der Waals surface area contributed by atoms with Crippen molar-refractivity contribution < 1.29 is 9.53 Å². The highest BCUT2D eigenvalue weighted by molar-refractivity contribution is 5.77. The lowest BCUT2D eigenvalue weighted by atomic mass is 10.2. The SMILES string of the molecule is Cc1ccccc1OCC(=O)NCCc1nccn1C. The van der Waals surface area contributed by atoms with E-state index >= 15 is 0 Å². The Morgan fingerprint density at radius 1 is 1.40 bits per heavy atom. The minimum atomic E-state index is -0.123. The van der Waals surface area contributed by atoms with Crippen molar-refractivity contribution in [2.24, 2.45) is 7.05 Å². The highest BCUT2D eigenvalue weighted by Crippen LogP contribution is 2.15. The summed E-state index contributed by atoms with van der Waals surface area (Å²) in [5, 5.41) is 2.82. The van der Waals surface area contributed by atoms with Gasteiger partial charge in [0, 0.05) is 32.4 Å². The average molecular weight is 273 g/mol. The van der Waals surface area contributed by atoms with Crippen molar-refractivity contribution in [1.29, 1.82) is 0 Å². The Kier molecular flexibility index (Phi) is 4.76. The van der Waals surface area contributed by atoms with Crippen molar-refractivity contribution in [3.63, 3.8) is 0 Å². The number of imidazole rings is 1. The quantitative estimate of drug-likeness (QED) is 0.867. The molecular weight excluding hydrogens is 254 g/mol. The van der Waals surface area contributed by atoms with Gasteiger partial charge in [0.15, 0.2) is 6.61 Å². The molecule has 0 saturated heterocycles. The van der Waals surface area contributed by atoms with Crippen LogP contribution in [0.5, 0.6) is 5.75 Å². The normalized spacial score (nSPS) is 10.3. The van der Waals surface area contributed by atoms with Gasteiger partial charge in [-0.25, -0.2) is 4.98 Å². The Morgan fingerprint density at radius 3 is 2.90 bits per heavy atom. The van der Waals surface area contributed by atoms with Crippen molar-refractivity contribution in [2.45, 2.75) is 13.3 Å². The molecule has 1 aromatic carbocycles. The molecule has 0 saturated carbocycles. The molecule has 0 aliphatic heterocycles. The van der Waals surface area contributed by atoms with Crippen LogP contribution in [-0.2, 0) is 18.3 Å². The van der Waals surface area contributed by atoms with Crippen LogP contribution >= 0.6 is 0 Å². The predicted octanol–water partition coefficient (Wildman–Crippen LogP) is 1.47. The maximum Gasteiger partial charge on any atom is 0.257 e. The minimum Gasteiger partial charge on any atom is -0.484 e. The van der Waals surface area contributed by atoms with E-state index in [0.717, 1.165) is 17.1 Å². The highest BCUT2D eigenvalue weighted by Gasteiger charge is 2.05. The van der Waals surface area contributed by atoms with E-state index in [1.165, 1.54) is 0 Å². The number of nitrogens with zero attached hydrogens (tertiary/aromatic N) is 2. The molecule has 20 heavy (non-hydrogen) atoms. The van der Waals surface area contributed by atoms with Gasteiger partial charge in [0.1, 0.15) is 11.6 Å². The lowest BCUT2D eigenvalue weighted by Crippen LogP contribution is -2.31. The van der Waals surface area contributed by atoms with Crippen molar-refractivity contribution in [2.75, 3.05) is 13.2 Å². The molecule has 0 fully saturated rings. The van der Waals surface area contributed by atoms with Crippen LogP contribution in [0.4, 0.5) is 0 Å². The number of aryl methyl sites for hydroxylation is 2. The van der Waals surface area contributed by atoms with Gasteiger partial charge in [-0.3, -0.25) is 4.79 Å². The second-order valence-corrected chi connectivity index (χ2v) is 4.61. The minimum absolute atomic E-state index is 0.0332. The molecule has 2 rings (SSSR count). The molecule has 0 unspecified atom stereocenters. The van der Waals surface area contributed by atoms with Gasteiger partial charge in [-0.15, -0.1) is 0 Å². The molecule has 0 aliphatic carbocycles. The van der Waals surface area contributed by atoms with Crippen molar-refractivity contribution in [1.82, 2.24) is 14.9 Å². The van der Waals surface area contributed by atoms with Crippen LogP contribution in [0.15, 0.2) is 36.7 Å². The largest absolute Gasteiger partial charge is 0.484 e. The van der Waals surface area contributed by atoms with Crippen LogP contribution in [0, 0.1) is 6.92 Å². The van der Waals surface area contributed by atoms with E-state index in [9.17, 15) is 4.79 Å². The van der Waals surface area contributed by atoms with Gasteiger partial charge in [-0.2, -0.15) is 0 Å². The molecule has 1 heterocycles. The van der Waals surface area contributed by atoms with Gasteiger partial charge in [-0.05, 0) is 18.6 Å². The number of rotatable bonds is 6. The van der Waals surface area contributed by atoms with E-state index in [2.05, 4.69) is 10.3 Å². The molecule has 106 valence electrons. The Bertz CT molecular complexity index is 578. The van der Waals surface area contributed by atoms with Gasteiger partial charge in [-0.1, -0.05) is 18.2 Å². The summed E-state index contributed by atoms with van der Waals surface area (Å²) in [6.07, 6.45) is 4.34. The molecule has 0 bridgehead atoms. The topological polar surface area (TPSA) is 56.1 Å². The number of hydrogen-bond donors (Lipinski definition) is 1. The Balaban J connectivity index is 1.71. The van der Waals surface area contributed by atoms with E-state index in [0.29, 0.717) is 13.0 Å². The number of para-hydroxylation sites is 1. The van der Waals surface area contributed by atoms with Crippen molar-refractivity contribution in [3.8, 4) is 5.75 Å². The van der Waals surface area contributed by atoms with Crippen LogP contribution in [0.3, 0.4) is 0 Å². The van der Waals surface area contributed by atoms with E-state index in [1.807, 2.05) is 49.0 Å². The van der Waals surface area contributed by atoms with Crippen LogP contribution in [0.2, 0.25) is 0 Å². The molecule has 0 aliphatic rings. The fourth-order valence-electron chi connectivity index (χ4n) is 1.86. The second-order valence-electron chi connectivity index (χ2n) is 4.61. The summed E-state index contributed by atoms with van der Waals surface area (Å²) in [4.78, 5) is 15.9. The van der Waals surface area contributed by atoms with Crippen LogP contribution in [0.25, 0.3) is 0 Å². The number of amides is 1. The summed E-state index contributed by atoms with van der Waals surface area (Å²) in [6.45, 7) is 2.54. The van der Waals surface area contributed by atoms with Crippen molar-refractivity contribution >= 4 is 5.91 Å². The van der Waals surface area contributed by atoms with Gasteiger partial charge in [0.25, 0.3) is 5.91 Å². The summed E-state index contributed by atoms with van der Waals surface area (Å²) in [6, 6.07) is 7.64. The third-order valence-electron chi connectivity index (χ3n) is 3.04. The number of nitrogens with one attached hydrogen (secondary N) is 1. The van der Waals surface area contributed by atoms with Crippen LogP contribution in [0.1, 0.15) is 11.4 Å². The summed E-state index contributed by atoms with van der Waals surface area (Å²) in [5.74, 6) is 1.57. The molecular formula is C15H19N3O2. The lowest BCUT2D eigenvalue weighted by molar-refractivity contribution is -0.123. The summed E-state index contributed by atoms with van der Waals surface area (Å²) in [7, 11) is 1.94. The highest BCUT2D eigenvalue weighted by atomic mass is 16.5. The second kappa shape index (κ2) is 6.75. The van der Waals surface area contributed by atoms with Crippen LogP contribution < -0.4 is 10.1 Å². The maximum atomic E-state index is 11.7. The molecule has 5 heteroatoms. The first kappa shape index (κ1) is 14.1. The Morgan fingerprint density at radius 2 is 2.20 bits per heavy atom. The standard InChI is InChI=1S/C15H19N3O2/c1-12-5-3-4-6-13(12)20-11-15(19)17-8-7-14-16-9-10-18(14)2/h3-6,9-10H,7-8,11H2,1-2H3,(H,17,19). The molecule has 0 radical (unpaired) electrons. The van der Waals surface area contributed by atoms with Gasteiger partial charge in [0.05, 0.1) is 0 Å². The fraction of sp³-hybridized carbons (Fsp3) is 0.333. The van der Waals surface area contributed by atoms with Crippen LogP contribution in [-0.4, -0.2) is 28.6 Å². The zero-order valence-corrected chi connectivity index (χ0v) is 11.8. The van der Waals surface area contributed by atoms with Gasteiger partial charge < -0.3 is 14.6 Å². The summed E-state index contributed by atoms with van der Waals surface area (Å²) >= 11 is 0. The maximum absolute atomic E-state index is 11.7. The Labute approximate surface area is 118 Å². The zero-order chi connectivity index (χ0) is 14.4. The predicted molar refractivity (Wildman–Crippen MR) is 76.6 cm³/mol. The van der Waals surface area contributed by atoms with Crippen molar-refractivity contribution in [3.05, 3.63) is 48.0 Å². The smallest absolute Gasteiger partial charge is 0.257 e. The lowest BCUT2D eigenvalue weighted by Gasteiger charge is -2.09. The first-order valence-electron chi connectivity index (χ1n) is 6.58. The molecule has 1 N–H and O–H groups in total. The summed E-state index contributed by atoms with van der Waals surface area (Å²) in [5.41, 5.74) is 1.02. The first-order valence-corrected chi connectivity index (χ1v) is 6.58. The molecule has 0 spiro atoms. The third kappa shape index (κ3) is 3.85. The summed E-state index contributed by atoms with van der Waals surface area (Å²) < 4.78 is 7.42. The number of carbonyl (C=O) groups is 1. The third-order valence-corrected chi connectivity index (χ3v) is 3.04. The number of aromatic nitrogens is 2. The van der Waals surface area contributed by atoms with Gasteiger partial charge >= 0.3 is 0 Å². The monoisotopic (exact) mass is 273 g/mol. The van der Waals surface area contributed by atoms with E-state index < -0.39 is 0 Å². The molecule has 2 aromatic rings. The average Bonchev–Trinajstić information content (AvgIpc) is 2.84. The first-order chi connectivity index (χ1) is 9.66. The number of benzene rings is 1. The van der Waals surface area contributed by atoms with E-state index in [1.54, 1.807) is 6.20 Å². The molecule has 1 aromatic heterocycles. The zero-order valence-electron chi connectivity index (χ0n) is 11.8. The number of carbonyl (C=O) groups excluding carboxylic acids is 1. The molecule has 1 amide bonds. The Hall–Kier alpha value is -2.30. The van der Waals surface area contributed by atoms with E-state index in [-0.39, 0.29) is 12.5 Å². The molecule has 0 atom stereocenters. The van der Waals surface area contributed by atoms with Gasteiger partial charge in [0.2, 0.25) is 0 Å². The fourth-order valence-corrected chi connectivity index (χ4v) is 1.86. The number of hydrogen-bond acceptors (Lipinski definition) is 3. The molecule has 5 nitrogen and oxygen atoms in total. The van der Waals surface area contributed by atoms with E-state index in [4.69, 9.17) is 4.74 Å².